The van der Waals surface area contributed by atoms with E-state index in [4.69, 9.17) is 8.85 Å². The summed E-state index contributed by atoms with van der Waals surface area (Å²) < 4.78 is 14.0. The highest BCUT2D eigenvalue weighted by Gasteiger charge is 2.51. The molecule has 0 unspecified atom stereocenters. The summed E-state index contributed by atoms with van der Waals surface area (Å²) >= 11 is 0. The molecule has 2 N–H and O–H groups in total. The zero-order valence-corrected chi connectivity index (χ0v) is 28.8. The molecule has 0 spiro atoms. The smallest absolute Gasteiger partial charge is 0.303 e. The number of fused-ring (bicyclic) bond motifs is 1. The predicted molar refractivity (Wildman–Crippen MR) is 171 cm³/mol. The number of carboxylic acid groups (broad SMARTS) is 1. The van der Waals surface area contributed by atoms with Gasteiger partial charge in [-0.3, -0.25) is 9.59 Å². The highest BCUT2D eigenvalue weighted by Crippen LogP contribution is 2.44. The fourth-order valence-electron chi connectivity index (χ4n) is 4.96. The number of hydrogen-bond acceptors (Lipinski definition) is 4. The second-order valence-electron chi connectivity index (χ2n) is 14.7. The Morgan fingerprint density at radius 1 is 0.878 bits per heavy atom. The van der Waals surface area contributed by atoms with Crippen LogP contribution in [0.5, 0.6) is 0 Å². The maximum absolute atomic E-state index is 14.7. The van der Waals surface area contributed by atoms with Crippen molar-refractivity contribution in [2.45, 2.75) is 121 Å². The van der Waals surface area contributed by atoms with Crippen LogP contribution in [0.25, 0.3) is 0 Å². The van der Waals surface area contributed by atoms with Gasteiger partial charge in [0.1, 0.15) is 5.60 Å². The first kappa shape index (κ1) is 33.2. The molecule has 2 aromatic rings. The molecule has 0 aromatic heterocycles. The molecule has 8 heteroatoms. The molecule has 0 bridgehead atoms. The number of carboxylic acids is 1. The summed E-state index contributed by atoms with van der Waals surface area (Å²) in [7, 11) is -4.67. The summed E-state index contributed by atoms with van der Waals surface area (Å²) in [5.74, 6) is -1.21. The number of hydrogen-bond donors (Lipinski definition) is 2. The van der Waals surface area contributed by atoms with E-state index in [-0.39, 0.29) is 41.0 Å². The average molecular weight is 598 g/mol. The van der Waals surface area contributed by atoms with E-state index in [1.807, 2.05) is 42.5 Å². The zero-order valence-electron chi connectivity index (χ0n) is 26.8. The first-order valence-electron chi connectivity index (χ1n) is 14.8. The molecule has 226 valence electrons. The fraction of sp³-hybridized carbons (Fsp3) is 0.576. The van der Waals surface area contributed by atoms with E-state index >= 15 is 0 Å². The number of rotatable bonds is 11. The van der Waals surface area contributed by atoms with Crippen molar-refractivity contribution in [1.82, 2.24) is 5.32 Å². The van der Waals surface area contributed by atoms with Crippen LogP contribution in [0, 0.1) is 0 Å². The minimum atomic E-state index is -2.51. The first-order chi connectivity index (χ1) is 18.8. The van der Waals surface area contributed by atoms with Gasteiger partial charge < -0.3 is 19.3 Å². The molecule has 1 aliphatic rings. The number of carbonyl (C=O) groups excluding carboxylic acids is 1. The molecule has 41 heavy (non-hydrogen) atoms. The van der Waals surface area contributed by atoms with E-state index in [2.05, 4.69) is 85.2 Å². The summed E-state index contributed by atoms with van der Waals surface area (Å²) in [5, 5.41) is 13.0. The van der Waals surface area contributed by atoms with Gasteiger partial charge in [0.2, 0.25) is 0 Å². The Hall–Kier alpha value is -2.27. The van der Waals surface area contributed by atoms with Crippen molar-refractivity contribution >= 4 is 28.5 Å². The summed E-state index contributed by atoms with van der Waals surface area (Å²) in [5.41, 5.74) is 1.82. The number of amides is 1. The van der Waals surface area contributed by atoms with Crippen LogP contribution in [0.2, 0.25) is 36.3 Å². The molecule has 3 rings (SSSR count). The SMILES string of the molecule is CC(C)(C)[Si](C)(C)O[C@@H]1Cc2ccccc2[C@@H]1NC(=O)[C@@](CCC(=O)O)(Cc1ccccc1)O[Si](C)(C)C(C)(C)C. The van der Waals surface area contributed by atoms with E-state index in [0.29, 0.717) is 6.42 Å². The maximum atomic E-state index is 14.7. The molecule has 6 nitrogen and oxygen atoms in total. The van der Waals surface area contributed by atoms with E-state index < -0.39 is 28.2 Å². The Bertz CT molecular complexity index is 1220. The van der Waals surface area contributed by atoms with Crippen molar-refractivity contribution in [3.63, 3.8) is 0 Å². The molecular formula is C33H51NO5Si2. The molecule has 0 radical (unpaired) electrons. The van der Waals surface area contributed by atoms with E-state index in [9.17, 15) is 14.7 Å². The monoisotopic (exact) mass is 597 g/mol. The van der Waals surface area contributed by atoms with Crippen molar-refractivity contribution in [2.24, 2.45) is 0 Å². The fourth-order valence-corrected chi connectivity index (χ4v) is 7.84. The summed E-state index contributed by atoms with van der Waals surface area (Å²) in [6.07, 6.45) is 0.718. The third-order valence-electron chi connectivity index (χ3n) is 9.47. The van der Waals surface area contributed by atoms with Crippen LogP contribution in [-0.2, 0) is 31.3 Å². The lowest BCUT2D eigenvalue weighted by Crippen LogP contribution is -2.59. The van der Waals surface area contributed by atoms with Crippen LogP contribution in [-0.4, -0.2) is 45.3 Å². The van der Waals surface area contributed by atoms with Gasteiger partial charge in [0.25, 0.3) is 5.91 Å². The van der Waals surface area contributed by atoms with Gasteiger partial charge >= 0.3 is 5.97 Å². The van der Waals surface area contributed by atoms with Crippen molar-refractivity contribution in [3.8, 4) is 0 Å². The van der Waals surface area contributed by atoms with Gasteiger partial charge in [-0.1, -0.05) is 96.1 Å². The van der Waals surface area contributed by atoms with Crippen LogP contribution in [0.4, 0.5) is 0 Å². The van der Waals surface area contributed by atoms with Crippen LogP contribution < -0.4 is 5.32 Å². The molecule has 1 aliphatic carbocycles. The predicted octanol–water partition coefficient (Wildman–Crippen LogP) is 7.66. The van der Waals surface area contributed by atoms with Crippen molar-refractivity contribution in [1.29, 1.82) is 0 Å². The Balaban J connectivity index is 2.09. The average Bonchev–Trinajstić information content (AvgIpc) is 3.17. The quantitative estimate of drug-likeness (QED) is 0.260. The van der Waals surface area contributed by atoms with Gasteiger partial charge in [-0.15, -0.1) is 0 Å². The molecule has 3 atom stereocenters. The topological polar surface area (TPSA) is 84.9 Å². The minimum Gasteiger partial charge on any atom is -0.481 e. The Labute approximate surface area is 249 Å². The van der Waals surface area contributed by atoms with E-state index in [1.165, 1.54) is 5.56 Å². The van der Waals surface area contributed by atoms with Gasteiger partial charge in [-0.05, 0) is 59.4 Å². The Kier molecular flexibility index (Phi) is 9.85. The maximum Gasteiger partial charge on any atom is 0.303 e. The van der Waals surface area contributed by atoms with E-state index in [1.54, 1.807) is 0 Å². The third kappa shape index (κ3) is 7.77. The van der Waals surface area contributed by atoms with Gasteiger partial charge in [-0.25, -0.2) is 0 Å². The summed E-state index contributed by atoms with van der Waals surface area (Å²) in [6.45, 7) is 21.8. The normalized spacial score (nSPS) is 19.4. The molecule has 0 saturated carbocycles. The second-order valence-corrected chi connectivity index (χ2v) is 24.2. The van der Waals surface area contributed by atoms with Gasteiger partial charge in [0.05, 0.1) is 12.1 Å². The lowest BCUT2D eigenvalue weighted by molar-refractivity contribution is -0.144. The first-order valence-corrected chi connectivity index (χ1v) is 20.6. The van der Waals surface area contributed by atoms with Gasteiger partial charge in [-0.2, -0.15) is 0 Å². The van der Waals surface area contributed by atoms with Crippen LogP contribution in [0.1, 0.15) is 77.1 Å². The molecule has 0 heterocycles. The third-order valence-corrected chi connectivity index (χ3v) is 18.5. The zero-order chi connectivity index (χ0) is 30.9. The lowest BCUT2D eigenvalue weighted by atomic mass is 9.88. The number of benzene rings is 2. The molecule has 0 fully saturated rings. The number of nitrogens with one attached hydrogen (secondary N) is 1. The highest BCUT2D eigenvalue weighted by atomic mass is 28.4. The van der Waals surface area contributed by atoms with Gasteiger partial charge in [0.15, 0.2) is 16.6 Å². The number of aliphatic carboxylic acids is 1. The van der Waals surface area contributed by atoms with Crippen molar-refractivity contribution in [2.75, 3.05) is 0 Å². The lowest BCUT2D eigenvalue weighted by Gasteiger charge is -2.46. The van der Waals surface area contributed by atoms with Crippen LogP contribution in [0.15, 0.2) is 54.6 Å². The molecule has 0 saturated heterocycles. The van der Waals surface area contributed by atoms with Crippen LogP contribution in [0.3, 0.4) is 0 Å². The second kappa shape index (κ2) is 12.2. The molecule has 2 aromatic carbocycles. The molecule has 1 amide bonds. The largest absolute Gasteiger partial charge is 0.481 e. The van der Waals surface area contributed by atoms with Crippen molar-refractivity contribution < 1.29 is 23.5 Å². The van der Waals surface area contributed by atoms with Crippen molar-refractivity contribution in [3.05, 3.63) is 71.3 Å². The minimum absolute atomic E-state index is 0.0142. The standard InChI is InChI=1S/C33H51NO5Si2/c1-31(2,3)40(7,8)38-27-22-25-18-14-15-19-26(25)29(27)34-30(37)33(21-20-28(35)36,23-24-16-12-11-13-17-24)39-41(9,10)32(4,5)6/h11-19,27,29H,20-23H2,1-10H3,(H,34,37)(H,35,36)/t27-,29+,33-/m1/s1. The van der Waals surface area contributed by atoms with Gasteiger partial charge in [0, 0.05) is 19.3 Å². The highest BCUT2D eigenvalue weighted by molar-refractivity contribution is 6.74. The van der Waals surface area contributed by atoms with E-state index in [0.717, 1.165) is 17.5 Å². The molecule has 0 aliphatic heterocycles. The Morgan fingerprint density at radius 2 is 1.44 bits per heavy atom. The Morgan fingerprint density at radius 3 is 2.00 bits per heavy atom. The molecular weight excluding hydrogens is 547 g/mol. The summed E-state index contributed by atoms with van der Waals surface area (Å²) in [4.78, 5) is 26.6. The number of carbonyl (C=O) groups is 2. The van der Waals surface area contributed by atoms with Crippen LogP contribution >= 0.6 is 0 Å². The summed E-state index contributed by atoms with van der Waals surface area (Å²) in [6, 6.07) is 17.6.